The molecule has 1 heterocycles. The summed E-state index contributed by atoms with van der Waals surface area (Å²) in [6.45, 7) is 4.85. The molecule has 0 bridgehead atoms. The van der Waals surface area contributed by atoms with Crippen molar-refractivity contribution in [3.05, 3.63) is 23.7 Å². The summed E-state index contributed by atoms with van der Waals surface area (Å²) in [5, 5.41) is 0. The largest absolute Gasteiger partial charge is 0.465 e. The lowest BCUT2D eigenvalue weighted by Crippen LogP contribution is -2.27. The minimum atomic E-state index is 0.519. The molecule has 0 amide bonds. The van der Waals surface area contributed by atoms with Crippen LogP contribution in [0.25, 0.3) is 0 Å². The van der Waals surface area contributed by atoms with E-state index in [1.54, 1.807) is 0 Å². The maximum Gasteiger partial charge on any atom is 0.118 e. The molecule has 2 N–H and O–H groups in total. The fourth-order valence-electron chi connectivity index (χ4n) is 2.43. The van der Waals surface area contributed by atoms with E-state index in [0.29, 0.717) is 5.41 Å². The second-order valence-corrected chi connectivity index (χ2v) is 5.22. The number of nitrogens with two attached hydrogens (primary N) is 1. The van der Waals surface area contributed by atoms with Crippen molar-refractivity contribution in [2.75, 3.05) is 20.1 Å². The maximum atomic E-state index is 5.65. The van der Waals surface area contributed by atoms with Gasteiger partial charge in [0.25, 0.3) is 0 Å². The molecule has 0 radical (unpaired) electrons. The Morgan fingerprint density at radius 3 is 2.69 bits per heavy atom. The lowest BCUT2D eigenvalue weighted by atomic mass is 10.0. The number of nitrogens with zero attached hydrogens (tertiary/aromatic N) is 1. The van der Waals surface area contributed by atoms with Gasteiger partial charge < -0.3 is 10.2 Å². The second-order valence-electron chi connectivity index (χ2n) is 5.22. The Labute approximate surface area is 97.6 Å². The van der Waals surface area contributed by atoms with Crippen molar-refractivity contribution in [2.45, 2.75) is 32.7 Å². The smallest absolute Gasteiger partial charge is 0.118 e. The predicted molar refractivity (Wildman–Crippen MR) is 65.1 cm³/mol. The van der Waals surface area contributed by atoms with Crippen LogP contribution in [0.4, 0.5) is 0 Å². The summed E-state index contributed by atoms with van der Waals surface area (Å²) in [5.41, 5.74) is 6.17. The summed E-state index contributed by atoms with van der Waals surface area (Å²) >= 11 is 0. The van der Waals surface area contributed by atoms with Gasteiger partial charge in [0.15, 0.2) is 0 Å². The van der Waals surface area contributed by atoms with Crippen LogP contribution in [0.1, 0.15) is 30.8 Å². The van der Waals surface area contributed by atoms with Gasteiger partial charge >= 0.3 is 0 Å². The molecule has 0 aromatic carbocycles. The van der Waals surface area contributed by atoms with Crippen molar-refractivity contribution >= 4 is 0 Å². The summed E-state index contributed by atoms with van der Waals surface area (Å²) in [6, 6.07) is 4.09. The van der Waals surface area contributed by atoms with Gasteiger partial charge in [0.05, 0.1) is 6.54 Å². The van der Waals surface area contributed by atoms with Crippen molar-refractivity contribution in [2.24, 2.45) is 11.1 Å². The first-order valence-electron chi connectivity index (χ1n) is 6.07. The predicted octanol–water partition coefficient (Wildman–Crippen LogP) is 2.15. The molecule has 90 valence electrons. The van der Waals surface area contributed by atoms with Gasteiger partial charge in [-0.25, -0.2) is 0 Å². The van der Waals surface area contributed by atoms with Crippen LogP contribution in [0, 0.1) is 12.3 Å². The van der Waals surface area contributed by atoms with Crippen LogP contribution in [0.15, 0.2) is 16.5 Å². The van der Waals surface area contributed by atoms with E-state index in [9.17, 15) is 0 Å². The lowest BCUT2D eigenvalue weighted by molar-refractivity contribution is 0.230. The zero-order chi connectivity index (χ0) is 11.6. The van der Waals surface area contributed by atoms with Crippen molar-refractivity contribution in [3.8, 4) is 0 Å². The standard InChI is InChI=1S/C13H22N2O/c1-11-3-4-12(16-11)9-15(2)10-13(5-6-13)7-8-14/h3-4H,5-10,14H2,1-2H3. The highest BCUT2D eigenvalue weighted by molar-refractivity contribution is 5.05. The van der Waals surface area contributed by atoms with Crippen LogP contribution in [0.5, 0.6) is 0 Å². The average Bonchev–Trinajstić information content (AvgIpc) is 2.82. The molecule has 1 saturated carbocycles. The molecule has 0 unspecified atom stereocenters. The molecular formula is C13H22N2O. The van der Waals surface area contributed by atoms with Gasteiger partial charge in [-0.2, -0.15) is 0 Å². The fourth-order valence-corrected chi connectivity index (χ4v) is 2.43. The maximum absolute atomic E-state index is 5.65. The van der Waals surface area contributed by atoms with Gasteiger partial charge in [-0.3, -0.25) is 4.90 Å². The van der Waals surface area contributed by atoms with E-state index in [1.165, 1.54) is 12.8 Å². The van der Waals surface area contributed by atoms with E-state index in [2.05, 4.69) is 18.0 Å². The summed E-state index contributed by atoms with van der Waals surface area (Å²) in [5.74, 6) is 2.05. The summed E-state index contributed by atoms with van der Waals surface area (Å²) < 4.78 is 5.58. The second kappa shape index (κ2) is 4.60. The molecule has 1 aromatic rings. The molecule has 0 saturated heterocycles. The Balaban J connectivity index is 1.82. The quantitative estimate of drug-likeness (QED) is 0.802. The summed E-state index contributed by atoms with van der Waals surface area (Å²) in [4.78, 5) is 2.35. The Kier molecular flexibility index (Phi) is 3.36. The monoisotopic (exact) mass is 222 g/mol. The minimum absolute atomic E-state index is 0.519. The molecule has 2 rings (SSSR count). The number of hydrogen-bond acceptors (Lipinski definition) is 3. The molecule has 16 heavy (non-hydrogen) atoms. The highest BCUT2D eigenvalue weighted by atomic mass is 16.3. The molecule has 1 aromatic heterocycles. The average molecular weight is 222 g/mol. The molecular weight excluding hydrogens is 200 g/mol. The van der Waals surface area contributed by atoms with Crippen molar-refractivity contribution in [1.29, 1.82) is 0 Å². The van der Waals surface area contributed by atoms with Gasteiger partial charge in [0.2, 0.25) is 0 Å². The van der Waals surface area contributed by atoms with Gasteiger partial charge in [-0.1, -0.05) is 0 Å². The fraction of sp³-hybridized carbons (Fsp3) is 0.692. The van der Waals surface area contributed by atoms with Gasteiger partial charge in [0, 0.05) is 6.54 Å². The van der Waals surface area contributed by atoms with Crippen LogP contribution < -0.4 is 5.73 Å². The first-order valence-corrected chi connectivity index (χ1v) is 6.07. The number of rotatable bonds is 6. The third-order valence-corrected chi connectivity index (χ3v) is 3.46. The van der Waals surface area contributed by atoms with Crippen LogP contribution in [0.2, 0.25) is 0 Å². The molecule has 0 atom stereocenters. The van der Waals surface area contributed by atoms with E-state index in [4.69, 9.17) is 10.2 Å². The SMILES string of the molecule is Cc1ccc(CN(C)CC2(CCN)CC2)o1. The Morgan fingerprint density at radius 1 is 1.44 bits per heavy atom. The van der Waals surface area contributed by atoms with Crippen LogP contribution >= 0.6 is 0 Å². The van der Waals surface area contributed by atoms with Gasteiger partial charge in [-0.05, 0) is 57.3 Å². The van der Waals surface area contributed by atoms with Gasteiger partial charge in [-0.15, -0.1) is 0 Å². The van der Waals surface area contributed by atoms with Crippen molar-refractivity contribution in [1.82, 2.24) is 4.90 Å². The molecule has 0 aliphatic heterocycles. The molecule has 0 spiro atoms. The van der Waals surface area contributed by atoms with Crippen LogP contribution in [-0.2, 0) is 6.54 Å². The Morgan fingerprint density at radius 2 is 2.19 bits per heavy atom. The molecule has 3 heteroatoms. The Hall–Kier alpha value is -0.800. The summed E-state index contributed by atoms with van der Waals surface area (Å²) in [7, 11) is 2.16. The highest BCUT2D eigenvalue weighted by Gasteiger charge is 2.42. The minimum Gasteiger partial charge on any atom is -0.465 e. The highest BCUT2D eigenvalue weighted by Crippen LogP contribution is 2.48. The zero-order valence-electron chi connectivity index (χ0n) is 10.3. The van der Waals surface area contributed by atoms with Crippen molar-refractivity contribution in [3.63, 3.8) is 0 Å². The number of furan rings is 1. The normalized spacial score (nSPS) is 18.0. The third kappa shape index (κ3) is 2.86. The van der Waals surface area contributed by atoms with E-state index in [1.807, 2.05) is 13.0 Å². The molecule has 3 nitrogen and oxygen atoms in total. The number of aryl methyl sites for hydroxylation is 1. The zero-order valence-corrected chi connectivity index (χ0v) is 10.3. The van der Waals surface area contributed by atoms with Crippen molar-refractivity contribution < 1.29 is 4.42 Å². The number of hydrogen-bond donors (Lipinski definition) is 1. The third-order valence-electron chi connectivity index (χ3n) is 3.46. The molecule has 1 aliphatic carbocycles. The van der Waals surface area contributed by atoms with E-state index in [-0.39, 0.29) is 0 Å². The molecule has 1 aliphatic rings. The van der Waals surface area contributed by atoms with Gasteiger partial charge in [0.1, 0.15) is 11.5 Å². The Bertz CT molecular complexity index is 341. The first-order chi connectivity index (χ1) is 7.63. The van der Waals surface area contributed by atoms with Crippen LogP contribution in [-0.4, -0.2) is 25.0 Å². The summed E-state index contributed by atoms with van der Waals surface area (Å²) in [6.07, 6.45) is 3.84. The molecule has 1 fully saturated rings. The topological polar surface area (TPSA) is 42.4 Å². The van der Waals surface area contributed by atoms with E-state index in [0.717, 1.165) is 37.6 Å². The lowest BCUT2D eigenvalue weighted by Gasteiger charge is -2.22. The van der Waals surface area contributed by atoms with E-state index >= 15 is 0 Å². The first kappa shape index (κ1) is 11.7. The van der Waals surface area contributed by atoms with Crippen LogP contribution in [0.3, 0.4) is 0 Å². The van der Waals surface area contributed by atoms with E-state index < -0.39 is 0 Å².